The third-order valence-corrected chi connectivity index (χ3v) is 6.69. The standard InChI is InChI=1S/C26H25FN4O3S/c1-3-19-15-23(31(30-19)20-11-7-8-17(14-20)16-28)26(32)29-22-13-12-21(18-9-5-4-6-10-18)25(24(22)27)35(2,33)34/h4-15H,3,16,28H2,1-2H3,(H,29,32). The molecule has 7 nitrogen and oxygen atoms in total. The molecule has 3 N–H and O–H groups in total. The Morgan fingerprint density at radius 1 is 1.06 bits per heavy atom. The van der Waals surface area contributed by atoms with Gasteiger partial charge in [-0.2, -0.15) is 5.10 Å². The van der Waals surface area contributed by atoms with Crippen molar-refractivity contribution in [2.75, 3.05) is 11.6 Å². The quantitative estimate of drug-likeness (QED) is 0.399. The molecule has 180 valence electrons. The molecule has 0 atom stereocenters. The van der Waals surface area contributed by atoms with E-state index in [-0.39, 0.29) is 16.9 Å². The molecular formula is C26H25FN4O3S. The molecule has 1 amide bonds. The molecule has 4 aromatic rings. The number of sulfone groups is 1. The average molecular weight is 493 g/mol. The lowest BCUT2D eigenvalue weighted by Crippen LogP contribution is -2.19. The number of nitrogens with one attached hydrogen (secondary N) is 1. The van der Waals surface area contributed by atoms with Gasteiger partial charge in [-0.25, -0.2) is 17.5 Å². The van der Waals surface area contributed by atoms with Crippen molar-refractivity contribution in [3.8, 4) is 16.8 Å². The van der Waals surface area contributed by atoms with Crippen molar-refractivity contribution in [2.45, 2.75) is 24.8 Å². The Morgan fingerprint density at radius 2 is 1.80 bits per heavy atom. The molecule has 0 fully saturated rings. The van der Waals surface area contributed by atoms with E-state index in [1.54, 1.807) is 42.5 Å². The van der Waals surface area contributed by atoms with E-state index in [9.17, 15) is 13.2 Å². The van der Waals surface area contributed by atoms with Gasteiger partial charge in [0.15, 0.2) is 15.7 Å². The molecule has 0 unspecified atom stereocenters. The molecule has 9 heteroatoms. The van der Waals surface area contributed by atoms with Crippen LogP contribution in [0.5, 0.6) is 0 Å². The van der Waals surface area contributed by atoms with Gasteiger partial charge >= 0.3 is 0 Å². The highest BCUT2D eigenvalue weighted by Crippen LogP contribution is 2.33. The molecule has 0 saturated carbocycles. The normalized spacial score (nSPS) is 11.4. The second-order valence-electron chi connectivity index (χ2n) is 8.06. The van der Waals surface area contributed by atoms with Gasteiger partial charge in [-0.1, -0.05) is 55.5 Å². The number of nitrogens with two attached hydrogens (primary N) is 1. The van der Waals surface area contributed by atoms with Gasteiger partial charge in [0.2, 0.25) is 0 Å². The van der Waals surface area contributed by atoms with E-state index in [1.165, 1.54) is 16.8 Å². The summed E-state index contributed by atoms with van der Waals surface area (Å²) in [5.74, 6) is -1.64. The molecule has 1 heterocycles. The van der Waals surface area contributed by atoms with Crippen LogP contribution in [-0.4, -0.2) is 30.4 Å². The highest BCUT2D eigenvalue weighted by atomic mass is 32.2. The molecule has 0 aliphatic heterocycles. The average Bonchev–Trinajstić information content (AvgIpc) is 3.30. The van der Waals surface area contributed by atoms with E-state index in [1.807, 2.05) is 25.1 Å². The number of anilines is 1. The van der Waals surface area contributed by atoms with Crippen molar-refractivity contribution >= 4 is 21.4 Å². The maximum atomic E-state index is 15.6. The van der Waals surface area contributed by atoms with Crippen LogP contribution in [0.1, 0.15) is 28.7 Å². The van der Waals surface area contributed by atoms with Crippen LogP contribution in [0.25, 0.3) is 16.8 Å². The first-order chi connectivity index (χ1) is 16.7. The fraction of sp³-hybridized carbons (Fsp3) is 0.154. The molecular weight excluding hydrogens is 467 g/mol. The third-order valence-electron chi connectivity index (χ3n) is 5.55. The summed E-state index contributed by atoms with van der Waals surface area (Å²) in [6.45, 7) is 2.23. The first kappa shape index (κ1) is 24.3. The number of amides is 1. The number of aryl methyl sites for hydroxylation is 1. The monoisotopic (exact) mass is 492 g/mol. The minimum atomic E-state index is -3.95. The Kier molecular flexibility index (Phi) is 6.81. The number of rotatable bonds is 7. The van der Waals surface area contributed by atoms with Gasteiger partial charge in [0.25, 0.3) is 5.91 Å². The van der Waals surface area contributed by atoms with Crippen LogP contribution in [-0.2, 0) is 22.8 Å². The van der Waals surface area contributed by atoms with E-state index in [2.05, 4.69) is 10.4 Å². The molecule has 0 radical (unpaired) electrons. The van der Waals surface area contributed by atoms with Crippen molar-refractivity contribution in [1.82, 2.24) is 9.78 Å². The number of carbonyl (C=O) groups is 1. The zero-order chi connectivity index (χ0) is 25.2. The molecule has 35 heavy (non-hydrogen) atoms. The number of aromatic nitrogens is 2. The van der Waals surface area contributed by atoms with E-state index < -0.39 is 26.5 Å². The van der Waals surface area contributed by atoms with Crippen LogP contribution in [0.3, 0.4) is 0 Å². The minimum Gasteiger partial charge on any atom is -0.326 e. The first-order valence-corrected chi connectivity index (χ1v) is 12.9. The highest BCUT2D eigenvalue weighted by molar-refractivity contribution is 7.90. The molecule has 0 spiro atoms. The molecule has 3 aromatic carbocycles. The first-order valence-electron chi connectivity index (χ1n) is 11.0. The van der Waals surface area contributed by atoms with Crippen LogP contribution in [0.15, 0.2) is 77.7 Å². The fourth-order valence-corrected chi connectivity index (χ4v) is 4.84. The number of hydrogen-bond acceptors (Lipinski definition) is 5. The largest absolute Gasteiger partial charge is 0.326 e. The van der Waals surface area contributed by atoms with Crippen molar-refractivity contribution in [3.63, 3.8) is 0 Å². The summed E-state index contributed by atoms with van der Waals surface area (Å²) in [7, 11) is -3.95. The number of hydrogen-bond donors (Lipinski definition) is 2. The predicted octanol–water partition coefficient (Wildman–Crippen LogP) is 4.36. The van der Waals surface area contributed by atoms with Crippen molar-refractivity contribution in [3.05, 3.63) is 95.6 Å². The maximum absolute atomic E-state index is 15.6. The molecule has 0 aliphatic rings. The summed E-state index contributed by atoms with van der Waals surface area (Å²) in [6, 6.07) is 20.4. The van der Waals surface area contributed by atoms with Crippen LogP contribution >= 0.6 is 0 Å². The SMILES string of the molecule is CCc1cc(C(=O)Nc2ccc(-c3ccccc3)c(S(C)(=O)=O)c2F)n(-c2cccc(CN)c2)n1. The van der Waals surface area contributed by atoms with Crippen LogP contribution in [0.4, 0.5) is 10.1 Å². The molecule has 0 saturated heterocycles. The summed E-state index contributed by atoms with van der Waals surface area (Å²) in [6.07, 6.45) is 1.53. The summed E-state index contributed by atoms with van der Waals surface area (Å²) in [4.78, 5) is 12.8. The molecule has 4 rings (SSSR count). The van der Waals surface area contributed by atoms with Gasteiger partial charge in [-0.05, 0) is 41.8 Å². The van der Waals surface area contributed by atoms with Gasteiger partial charge in [-0.15, -0.1) is 0 Å². The lowest BCUT2D eigenvalue weighted by Gasteiger charge is -2.14. The topological polar surface area (TPSA) is 107 Å². The number of nitrogens with zero attached hydrogens (tertiary/aromatic N) is 2. The second-order valence-corrected chi connectivity index (χ2v) is 10.0. The van der Waals surface area contributed by atoms with E-state index in [4.69, 9.17) is 5.73 Å². The lowest BCUT2D eigenvalue weighted by atomic mass is 10.0. The number of halogens is 1. The summed E-state index contributed by atoms with van der Waals surface area (Å²) >= 11 is 0. The van der Waals surface area contributed by atoms with Crippen molar-refractivity contribution in [1.29, 1.82) is 0 Å². The van der Waals surface area contributed by atoms with E-state index in [0.717, 1.165) is 11.8 Å². The second kappa shape index (κ2) is 9.81. The van der Waals surface area contributed by atoms with Crippen LogP contribution in [0.2, 0.25) is 0 Å². The summed E-state index contributed by atoms with van der Waals surface area (Å²) in [5, 5.41) is 7.03. The lowest BCUT2D eigenvalue weighted by molar-refractivity contribution is 0.101. The maximum Gasteiger partial charge on any atom is 0.274 e. The predicted molar refractivity (Wildman–Crippen MR) is 134 cm³/mol. The Hall–Kier alpha value is -3.82. The van der Waals surface area contributed by atoms with Crippen molar-refractivity contribution in [2.24, 2.45) is 5.73 Å². The number of benzene rings is 3. The molecule has 0 aliphatic carbocycles. The van der Waals surface area contributed by atoms with E-state index in [0.29, 0.717) is 29.9 Å². The van der Waals surface area contributed by atoms with Gasteiger partial charge < -0.3 is 11.1 Å². The zero-order valence-corrected chi connectivity index (χ0v) is 20.1. The van der Waals surface area contributed by atoms with Crippen LogP contribution in [0, 0.1) is 5.82 Å². The van der Waals surface area contributed by atoms with E-state index >= 15 is 4.39 Å². The Labute approximate surface area is 203 Å². The Bertz CT molecular complexity index is 1500. The van der Waals surface area contributed by atoms with Gasteiger partial charge in [0, 0.05) is 18.4 Å². The minimum absolute atomic E-state index is 0.184. The zero-order valence-electron chi connectivity index (χ0n) is 19.3. The van der Waals surface area contributed by atoms with Gasteiger partial charge in [0.05, 0.1) is 17.1 Å². The molecule has 1 aromatic heterocycles. The third kappa shape index (κ3) is 5.01. The van der Waals surface area contributed by atoms with Crippen molar-refractivity contribution < 1.29 is 17.6 Å². The summed E-state index contributed by atoms with van der Waals surface area (Å²) < 4.78 is 42.1. The Morgan fingerprint density at radius 3 is 2.46 bits per heavy atom. The van der Waals surface area contributed by atoms with Crippen LogP contribution < -0.4 is 11.1 Å². The highest BCUT2D eigenvalue weighted by Gasteiger charge is 2.25. The van der Waals surface area contributed by atoms with Gasteiger partial charge in [0.1, 0.15) is 10.6 Å². The smallest absolute Gasteiger partial charge is 0.274 e. The molecule has 0 bridgehead atoms. The number of carbonyl (C=O) groups excluding carboxylic acids is 1. The summed E-state index contributed by atoms with van der Waals surface area (Å²) in [5.41, 5.74) is 8.64. The Balaban J connectivity index is 1.77. The van der Waals surface area contributed by atoms with Gasteiger partial charge in [-0.3, -0.25) is 4.79 Å². The fourth-order valence-electron chi connectivity index (χ4n) is 3.82.